The SMILES string of the molecule is CCNC(=O)CN(CC)C(=O)COC(=O)c1oc2ccccc2c1C. The van der Waals surface area contributed by atoms with Crippen molar-refractivity contribution in [3.8, 4) is 0 Å². The third-order valence-electron chi connectivity index (χ3n) is 3.80. The van der Waals surface area contributed by atoms with Gasteiger partial charge in [-0.25, -0.2) is 4.79 Å². The lowest BCUT2D eigenvalue weighted by molar-refractivity contribution is -0.138. The van der Waals surface area contributed by atoms with Gasteiger partial charge in [-0.1, -0.05) is 18.2 Å². The fraction of sp³-hybridized carbons (Fsp3) is 0.389. The summed E-state index contributed by atoms with van der Waals surface area (Å²) in [5.41, 5.74) is 1.26. The number of amides is 2. The van der Waals surface area contributed by atoms with E-state index in [-0.39, 0.29) is 18.2 Å². The molecule has 134 valence electrons. The number of fused-ring (bicyclic) bond motifs is 1. The maximum absolute atomic E-state index is 12.2. The van der Waals surface area contributed by atoms with Crippen molar-refractivity contribution < 1.29 is 23.5 Å². The normalized spacial score (nSPS) is 10.5. The van der Waals surface area contributed by atoms with E-state index in [1.54, 1.807) is 26.8 Å². The van der Waals surface area contributed by atoms with Crippen LogP contribution >= 0.6 is 0 Å². The number of nitrogens with one attached hydrogen (secondary N) is 1. The Hall–Kier alpha value is -2.83. The summed E-state index contributed by atoms with van der Waals surface area (Å²) < 4.78 is 10.6. The van der Waals surface area contributed by atoms with E-state index in [1.807, 2.05) is 18.2 Å². The van der Waals surface area contributed by atoms with Crippen molar-refractivity contribution in [1.29, 1.82) is 0 Å². The lowest BCUT2D eigenvalue weighted by atomic mass is 10.1. The number of furan rings is 1. The number of benzene rings is 1. The van der Waals surface area contributed by atoms with Crippen LogP contribution in [-0.4, -0.2) is 48.9 Å². The lowest BCUT2D eigenvalue weighted by Crippen LogP contribution is -2.42. The fourth-order valence-corrected chi connectivity index (χ4v) is 2.46. The summed E-state index contributed by atoms with van der Waals surface area (Å²) >= 11 is 0. The minimum Gasteiger partial charge on any atom is -0.450 e. The third-order valence-corrected chi connectivity index (χ3v) is 3.80. The number of carbonyl (C=O) groups excluding carboxylic acids is 3. The Balaban J connectivity index is 1.99. The number of aryl methyl sites for hydroxylation is 1. The first-order valence-electron chi connectivity index (χ1n) is 8.17. The molecular weight excluding hydrogens is 324 g/mol. The van der Waals surface area contributed by atoms with Crippen LogP contribution in [0.25, 0.3) is 11.0 Å². The number of carbonyl (C=O) groups is 3. The Morgan fingerprint density at radius 1 is 1.20 bits per heavy atom. The van der Waals surface area contributed by atoms with Gasteiger partial charge in [0.25, 0.3) is 5.91 Å². The smallest absolute Gasteiger partial charge is 0.375 e. The van der Waals surface area contributed by atoms with Crippen molar-refractivity contribution in [2.75, 3.05) is 26.2 Å². The second kappa shape index (κ2) is 8.32. The van der Waals surface area contributed by atoms with Crippen molar-refractivity contribution >= 4 is 28.8 Å². The number of esters is 1. The molecule has 2 aromatic rings. The average Bonchev–Trinajstić information content (AvgIpc) is 2.95. The Morgan fingerprint density at radius 2 is 1.92 bits per heavy atom. The highest BCUT2D eigenvalue weighted by atomic mass is 16.5. The van der Waals surface area contributed by atoms with E-state index in [4.69, 9.17) is 9.15 Å². The standard InChI is InChI=1S/C18H22N2O5/c1-4-19-15(21)10-20(5-2)16(22)11-24-18(23)17-12(3)13-8-6-7-9-14(13)25-17/h6-9H,4-5,10-11H2,1-3H3,(H,19,21). The summed E-state index contributed by atoms with van der Waals surface area (Å²) in [5.74, 6) is -1.30. The first kappa shape index (κ1) is 18.5. The van der Waals surface area contributed by atoms with Gasteiger partial charge in [0.1, 0.15) is 5.58 Å². The second-order valence-electron chi connectivity index (χ2n) is 5.49. The first-order valence-corrected chi connectivity index (χ1v) is 8.17. The van der Waals surface area contributed by atoms with E-state index in [2.05, 4.69) is 5.32 Å². The molecule has 2 amide bonds. The van der Waals surface area contributed by atoms with E-state index in [9.17, 15) is 14.4 Å². The van der Waals surface area contributed by atoms with Gasteiger partial charge in [-0.2, -0.15) is 0 Å². The fourth-order valence-electron chi connectivity index (χ4n) is 2.46. The monoisotopic (exact) mass is 346 g/mol. The van der Waals surface area contributed by atoms with E-state index < -0.39 is 18.5 Å². The quantitative estimate of drug-likeness (QED) is 0.773. The highest BCUT2D eigenvalue weighted by molar-refractivity contribution is 5.96. The molecule has 1 aromatic carbocycles. The zero-order valence-electron chi connectivity index (χ0n) is 14.6. The van der Waals surface area contributed by atoms with Gasteiger partial charge in [0.15, 0.2) is 6.61 Å². The number of hydrogen-bond donors (Lipinski definition) is 1. The molecule has 0 saturated carbocycles. The molecule has 0 aliphatic heterocycles. The molecule has 0 fully saturated rings. The van der Waals surface area contributed by atoms with Gasteiger partial charge in [-0.15, -0.1) is 0 Å². The summed E-state index contributed by atoms with van der Waals surface area (Å²) in [7, 11) is 0. The second-order valence-corrected chi connectivity index (χ2v) is 5.49. The Morgan fingerprint density at radius 3 is 2.56 bits per heavy atom. The van der Waals surface area contributed by atoms with Crippen molar-refractivity contribution in [1.82, 2.24) is 10.2 Å². The van der Waals surface area contributed by atoms with Gasteiger partial charge in [0, 0.05) is 24.0 Å². The molecule has 0 radical (unpaired) electrons. The molecule has 25 heavy (non-hydrogen) atoms. The Bertz CT molecular complexity index is 781. The van der Waals surface area contributed by atoms with Gasteiger partial charge >= 0.3 is 5.97 Å². The molecule has 1 heterocycles. The van der Waals surface area contributed by atoms with E-state index >= 15 is 0 Å². The molecule has 0 unspecified atom stereocenters. The zero-order valence-corrected chi connectivity index (χ0v) is 14.6. The number of rotatable bonds is 7. The molecule has 0 spiro atoms. The van der Waals surface area contributed by atoms with E-state index in [1.165, 1.54) is 4.90 Å². The Labute approximate surface area is 145 Å². The molecule has 0 aliphatic carbocycles. The molecule has 7 heteroatoms. The first-order chi connectivity index (χ1) is 12.0. The number of nitrogens with zero attached hydrogens (tertiary/aromatic N) is 1. The molecule has 0 aliphatic rings. The van der Waals surface area contributed by atoms with Crippen molar-refractivity contribution in [3.05, 3.63) is 35.6 Å². The van der Waals surface area contributed by atoms with Crippen LogP contribution in [0, 0.1) is 6.92 Å². The number of ether oxygens (including phenoxy) is 1. The minimum atomic E-state index is -0.698. The van der Waals surface area contributed by atoms with Crippen LogP contribution in [0.1, 0.15) is 30.0 Å². The van der Waals surface area contributed by atoms with Crippen LogP contribution in [0.5, 0.6) is 0 Å². The summed E-state index contributed by atoms with van der Waals surface area (Å²) in [5, 5.41) is 3.45. The lowest BCUT2D eigenvalue weighted by Gasteiger charge is -2.19. The van der Waals surface area contributed by atoms with Crippen LogP contribution in [0.15, 0.2) is 28.7 Å². The predicted octanol–water partition coefficient (Wildman–Crippen LogP) is 1.88. The van der Waals surface area contributed by atoms with Crippen molar-refractivity contribution in [3.63, 3.8) is 0 Å². The highest BCUT2D eigenvalue weighted by Crippen LogP contribution is 2.25. The molecule has 0 bridgehead atoms. The van der Waals surface area contributed by atoms with Gasteiger partial charge < -0.3 is 19.4 Å². The maximum Gasteiger partial charge on any atom is 0.375 e. The maximum atomic E-state index is 12.2. The molecular formula is C18H22N2O5. The van der Waals surface area contributed by atoms with Crippen molar-refractivity contribution in [2.24, 2.45) is 0 Å². The molecule has 0 saturated heterocycles. The third kappa shape index (κ3) is 4.37. The van der Waals surface area contributed by atoms with Gasteiger partial charge in [0.05, 0.1) is 6.54 Å². The highest BCUT2D eigenvalue weighted by Gasteiger charge is 2.22. The topological polar surface area (TPSA) is 88.9 Å². The summed E-state index contributed by atoms with van der Waals surface area (Å²) in [6, 6.07) is 7.27. The average molecular weight is 346 g/mol. The van der Waals surface area contributed by atoms with E-state index in [0.717, 1.165) is 5.39 Å². The number of hydrogen-bond acceptors (Lipinski definition) is 5. The molecule has 1 N–H and O–H groups in total. The molecule has 0 atom stereocenters. The van der Waals surface area contributed by atoms with Gasteiger partial charge in [-0.05, 0) is 26.8 Å². The largest absolute Gasteiger partial charge is 0.450 e. The number of para-hydroxylation sites is 1. The molecule has 7 nitrogen and oxygen atoms in total. The number of likely N-dealkylation sites (N-methyl/N-ethyl adjacent to an activating group) is 2. The van der Waals surface area contributed by atoms with E-state index in [0.29, 0.717) is 24.2 Å². The zero-order chi connectivity index (χ0) is 18.4. The van der Waals surface area contributed by atoms with Crippen molar-refractivity contribution in [2.45, 2.75) is 20.8 Å². The molecule has 1 aromatic heterocycles. The van der Waals surface area contributed by atoms with Gasteiger partial charge in [0.2, 0.25) is 11.7 Å². The van der Waals surface area contributed by atoms with Crippen LogP contribution in [0.2, 0.25) is 0 Å². The summed E-state index contributed by atoms with van der Waals surface area (Å²) in [4.78, 5) is 37.3. The Kier molecular flexibility index (Phi) is 6.16. The summed E-state index contributed by atoms with van der Waals surface area (Å²) in [6.07, 6.45) is 0. The van der Waals surface area contributed by atoms with Crippen LogP contribution in [0.4, 0.5) is 0 Å². The van der Waals surface area contributed by atoms with Crippen LogP contribution in [-0.2, 0) is 14.3 Å². The van der Waals surface area contributed by atoms with Crippen LogP contribution < -0.4 is 5.32 Å². The molecule has 2 rings (SSSR count). The predicted molar refractivity (Wildman–Crippen MR) is 92.2 cm³/mol. The summed E-state index contributed by atoms with van der Waals surface area (Å²) in [6.45, 7) is 5.64. The van der Waals surface area contributed by atoms with Gasteiger partial charge in [-0.3, -0.25) is 9.59 Å². The van der Waals surface area contributed by atoms with Crippen LogP contribution in [0.3, 0.4) is 0 Å². The minimum absolute atomic E-state index is 0.0651.